The van der Waals surface area contributed by atoms with Crippen LogP contribution in [0.4, 0.5) is 0 Å². The van der Waals surface area contributed by atoms with Gasteiger partial charge in [0.05, 0.1) is 11.0 Å². The van der Waals surface area contributed by atoms with E-state index in [1.165, 1.54) is 25.7 Å². The van der Waals surface area contributed by atoms with Crippen molar-refractivity contribution in [1.82, 2.24) is 20.6 Å². The minimum Gasteiger partial charge on any atom is -0.385 e. The number of aromatic nitrogens is 2. The molecule has 0 radical (unpaired) electrons. The van der Waals surface area contributed by atoms with Crippen LogP contribution in [0, 0.1) is 5.41 Å². The Morgan fingerprint density at radius 1 is 1.24 bits per heavy atom. The number of hydrogen-bond acceptors (Lipinski definition) is 3. The summed E-state index contributed by atoms with van der Waals surface area (Å²) in [6.07, 6.45) is 8.23. The topological polar surface area (TPSA) is 74.3 Å². The van der Waals surface area contributed by atoms with Gasteiger partial charge < -0.3 is 20.4 Å². The van der Waals surface area contributed by atoms with E-state index in [1.807, 2.05) is 18.2 Å². The molecule has 1 fully saturated rings. The maximum absolute atomic E-state index is 5.34. The fourth-order valence-electron chi connectivity index (χ4n) is 4.11. The molecule has 0 saturated heterocycles. The Balaban J connectivity index is 0.00000300. The summed E-state index contributed by atoms with van der Waals surface area (Å²) < 4.78 is 5.34. The zero-order valence-electron chi connectivity index (χ0n) is 17.8. The van der Waals surface area contributed by atoms with Gasteiger partial charge in [-0.15, -0.1) is 24.0 Å². The largest absolute Gasteiger partial charge is 0.385 e. The molecule has 0 bridgehead atoms. The molecule has 3 N–H and O–H groups in total. The number of benzene rings is 1. The number of nitrogens with one attached hydrogen (secondary N) is 3. The van der Waals surface area contributed by atoms with E-state index in [0.717, 1.165) is 68.3 Å². The van der Waals surface area contributed by atoms with Crippen molar-refractivity contribution in [1.29, 1.82) is 0 Å². The van der Waals surface area contributed by atoms with Crippen molar-refractivity contribution in [2.45, 2.75) is 51.9 Å². The Kier molecular flexibility index (Phi) is 10.2. The number of imidazole rings is 1. The van der Waals surface area contributed by atoms with Crippen molar-refractivity contribution in [3.8, 4) is 0 Å². The minimum absolute atomic E-state index is 0. The fourth-order valence-corrected chi connectivity index (χ4v) is 4.11. The van der Waals surface area contributed by atoms with Crippen LogP contribution in [0.15, 0.2) is 29.3 Å². The zero-order valence-corrected chi connectivity index (χ0v) is 20.1. The lowest BCUT2D eigenvalue weighted by molar-refractivity contribution is 0.141. The van der Waals surface area contributed by atoms with Crippen LogP contribution in [-0.2, 0) is 11.2 Å². The zero-order chi connectivity index (χ0) is 19.7. The Bertz CT molecular complexity index is 721. The van der Waals surface area contributed by atoms with Crippen LogP contribution in [-0.4, -0.2) is 49.3 Å². The average Bonchev–Trinajstić information content (AvgIpc) is 3.34. The standard InChI is InChI=1S/C22H35N5O.HI/c1-3-23-21(25-17-22(14-16-28-2)12-6-7-13-22)24-15-8-11-20-26-18-9-4-5-10-19(18)27-20;/h4-5,9-10H,3,6-8,11-17H2,1-2H3,(H,26,27)(H2,23,24,25);1H. The molecule has 1 saturated carbocycles. The average molecular weight is 513 g/mol. The molecule has 0 amide bonds. The number of hydrogen-bond donors (Lipinski definition) is 3. The van der Waals surface area contributed by atoms with Gasteiger partial charge in [-0.1, -0.05) is 25.0 Å². The first-order chi connectivity index (χ1) is 13.7. The van der Waals surface area contributed by atoms with Crippen LogP contribution in [0.1, 0.15) is 51.3 Å². The lowest BCUT2D eigenvalue weighted by Gasteiger charge is -2.27. The number of nitrogens with zero attached hydrogens (tertiary/aromatic N) is 2. The van der Waals surface area contributed by atoms with E-state index in [4.69, 9.17) is 9.73 Å². The summed E-state index contributed by atoms with van der Waals surface area (Å²) in [5.74, 6) is 1.98. The molecule has 1 aromatic carbocycles. The van der Waals surface area contributed by atoms with Crippen LogP contribution in [0.3, 0.4) is 0 Å². The predicted octanol–water partition coefficient (Wildman–Crippen LogP) is 4.27. The highest BCUT2D eigenvalue weighted by molar-refractivity contribution is 14.0. The number of aryl methyl sites for hydroxylation is 1. The van der Waals surface area contributed by atoms with E-state index >= 15 is 0 Å². The third-order valence-corrected chi connectivity index (χ3v) is 5.74. The van der Waals surface area contributed by atoms with Gasteiger partial charge in [-0.25, -0.2) is 4.98 Å². The lowest BCUT2D eigenvalue weighted by Crippen LogP contribution is -2.39. The minimum atomic E-state index is 0. The lowest BCUT2D eigenvalue weighted by atomic mass is 9.83. The summed E-state index contributed by atoms with van der Waals surface area (Å²) in [6, 6.07) is 8.18. The molecule has 0 unspecified atom stereocenters. The number of aromatic amines is 1. The molecule has 29 heavy (non-hydrogen) atoms. The smallest absolute Gasteiger partial charge is 0.191 e. The SMILES string of the molecule is CCNC(=NCC1(CCOC)CCCC1)NCCCc1nc2ccccc2[nH]1.I. The number of rotatable bonds is 10. The molecule has 1 aliphatic carbocycles. The highest BCUT2D eigenvalue weighted by atomic mass is 127. The van der Waals surface area contributed by atoms with Gasteiger partial charge >= 0.3 is 0 Å². The molecule has 1 aromatic heterocycles. The molecule has 162 valence electrons. The fraction of sp³-hybridized carbons (Fsp3) is 0.636. The molecule has 6 nitrogen and oxygen atoms in total. The van der Waals surface area contributed by atoms with Crippen molar-refractivity contribution in [2.24, 2.45) is 10.4 Å². The van der Waals surface area contributed by atoms with E-state index in [-0.39, 0.29) is 24.0 Å². The molecule has 0 spiro atoms. The van der Waals surface area contributed by atoms with Crippen molar-refractivity contribution < 1.29 is 4.74 Å². The normalized spacial score (nSPS) is 16.0. The summed E-state index contributed by atoms with van der Waals surface area (Å²) in [4.78, 5) is 13.0. The third-order valence-electron chi connectivity index (χ3n) is 5.74. The number of guanidine groups is 1. The summed E-state index contributed by atoms with van der Waals surface area (Å²) in [5.41, 5.74) is 2.48. The second kappa shape index (κ2) is 12.4. The first-order valence-corrected chi connectivity index (χ1v) is 10.7. The van der Waals surface area contributed by atoms with Crippen molar-refractivity contribution in [3.63, 3.8) is 0 Å². The van der Waals surface area contributed by atoms with Gasteiger partial charge in [0.1, 0.15) is 5.82 Å². The molecule has 0 aliphatic heterocycles. The van der Waals surface area contributed by atoms with Crippen molar-refractivity contribution in [3.05, 3.63) is 30.1 Å². The predicted molar refractivity (Wildman–Crippen MR) is 131 cm³/mol. The maximum Gasteiger partial charge on any atom is 0.191 e. The highest BCUT2D eigenvalue weighted by Crippen LogP contribution is 2.41. The van der Waals surface area contributed by atoms with E-state index in [1.54, 1.807) is 7.11 Å². The maximum atomic E-state index is 5.34. The first-order valence-electron chi connectivity index (χ1n) is 10.7. The Labute approximate surface area is 191 Å². The van der Waals surface area contributed by atoms with Gasteiger partial charge in [0.25, 0.3) is 0 Å². The van der Waals surface area contributed by atoms with Crippen LogP contribution < -0.4 is 10.6 Å². The van der Waals surface area contributed by atoms with Gasteiger partial charge in [-0.05, 0) is 50.2 Å². The number of fused-ring (bicyclic) bond motifs is 1. The molecule has 3 rings (SSSR count). The van der Waals surface area contributed by atoms with Gasteiger partial charge in [-0.3, -0.25) is 4.99 Å². The van der Waals surface area contributed by atoms with Gasteiger partial charge in [-0.2, -0.15) is 0 Å². The molecule has 1 aliphatic rings. The molecular weight excluding hydrogens is 477 g/mol. The molecule has 0 atom stereocenters. The molecule has 7 heteroatoms. The van der Waals surface area contributed by atoms with Crippen LogP contribution in [0.5, 0.6) is 0 Å². The van der Waals surface area contributed by atoms with Crippen LogP contribution in [0.25, 0.3) is 11.0 Å². The summed E-state index contributed by atoms with van der Waals surface area (Å²) in [5, 5.41) is 6.87. The number of methoxy groups -OCH3 is 1. The molecule has 2 aromatic rings. The second-order valence-electron chi connectivity index (χ2n) is 7.88. The molecule has 1 heterocycles. The highest BCUT2D eigenvalue weighted by Gasteiger charge is 2.33. The number of H-pyrrole nitrogens is 1. The van der Waals surface area contributed by atoms with Gasteiger partial charge in [0.15, 0.2) is 5.96 Å². The summed E-state index contributed by atoms with van der Waals surface area (Å²) >= 11 is 0. The van der Waals surface area contributed by atoms with E-state index < -0.39 is 0 Å². The monoisotopic (exact) mass is 513 g/mol. The van der Waals surface area contributed by atoms with Crippen molar-refractivity contribution in [2.75, 3.05) is 33.4 Å². The summed E-state index contributed by atoms with van der Waals surface area (Å²) in [6.45, 7) is 5.59. The Morgan fingerprint density at radius 3 is 2.76 bits per heavy atom. The summed E-state index contributed by atoms with van der Waals surface area (Å²) in [7, 11) is 1.79. The van der Waals surface area contributed by atoms with E-state index in [9.17, 15) is 0 Å². The Morgan fingerprint density at radius 2 is 2.03 bits per heavy atom. The number of ether oxygens (including phenoxy) is 1. The van der Waals surface area contributed by atoms with Gasteiger partial charge in [0.2, 0.25) is 0 Å². The van der Waals surface area contributed by atoms with Crippen LogP contribution in [0.2, 0.25) is 0 Å². The second-order valence-corrected chi connectivity index (χ2v) is 7.88. The van der Waals surface area contributed by atoms with Crippen molar-refractivity contribution >= 4 is 41.0 Å². The number of para-hydroxylation sites is 2. The Hall–Kier alpha value is -1.35. The first kappa shape index (κ1) is 23.9. The third kappa shape index (κ3) is 7.13. The van der Waals surface area contributed by atoms with E-state index in [2.05, 4.69) is 33.6 Å². The number of aliphatic imine (C=N–C) groups is 1. The molecular formula is C22H36IN5O. The quantitative estimate of drug-likeness (QED) is 0.192. The number of halogens is 1. The van der Waals surface area contributed by atoms with Crippen LogP contribution >= 0.6 is 24.0 Å². The van der Waals surface area contributed by atoms with Gasteiger partial charge in [0, 0.05) is 39.8 Å². The van der Waals surface area contributed by atoms with E-state index in [0.29, 0.717) is 5.41 Å².